The predicted octanol–water partition coefficient (Wildman–Crippen LogP) is 3.44. The van der Waals surface area contributed by atoms with Crippen molar-refractivity contribution in [2.75, 3.05) is 7.05 Å². The van der Waals surface area contributed by atoms with Crippen molar-refractivity contribution in [1.29, 1.82) is 0 Å². The van der Waals surface area contributed by atoms with Gasteiger partial charge < -0.3 is 0 Å². The Morgan fingerprint density at radius 2 is 2.00 bits per heavy atom. The third-order valence-corrected chi connectivity index (χ3v) is 12.0. The van der Waals surface area contributed by atoms with Gasteiger partial charge in [0.15, 0.2) is 0 Å². The molecule has 0 aromatic heterocycles. The first-order chi connectivity index (χ1) is 3.18. The molecule has 0 heterocycles. The molecule has 0 fully saturated rings. The number of hydrogen-bond donors (Lipinski definition) is 1. The second kappa shape index (κ2) is 4.70. The molecule has 0 aliphatic rings. The third kappa shape index (κ3) is 4.36. The van der Waals surface area contributed by atoms with Gasteiger partial charge in [-0.15, -0.1) is 0 Å². The van der Waals surface area contributed by atoms with Gasteiger partial charge in [-0.05, 0) is 0 Å². The van der Waals surface area contributed by atoms with Crippen LogP contribution in [0.25, 0.3) is 0 Å². The quantitative estimate of drug-likeness (QED) is 0.572. The van der Waals surface area contributed by atoms with E-state index in [1.165, 1.54) is 0 Å². The van der Waals surface area contributed by atoms with E-state index in [1.807, 2.05) is 7.05 Å². The molecule has 6 heteroatoms. The van der Waals surface area contributed by atoms with Gasteiger partial charge in [0.05, 0.1) is 0 Å². The molecule has 0 rings (SSSR count). The van der Waals surface area contributed by atoms with E-state index in [0.717, 1.165) is 0 Å². The van der Waals surface area contributed by atoms with Crippen LogP contribution in [0.5, 0.6) is 0 Å². The van der Waals surface area contributed by atoms with Crippen molar-refractivity contribution in [2.24, 2.45) is 0 Å². The molecule has 0 saturated heterocycles. The molecule has 1 nitrogen and oxygen atoms in total. The van der Waals surface area contributed by atoms with Crippen LogP contribution in [0.2, 0.25) is 0 Å². The third-order valence-electron chi connectivity index (χ3n) is 0.394. The molecule has 0 aliphatic heterocycles. The van der Waals surface area contributed by atoms with Gasteiger partial charge in [0, 0.05) is 0 Å². The average Bonchev–Trinajstić information content (AvgIpc) is 1.65. The molecule has 3 unspecified atom stereocenters. The molecule has 0 bridgehead atoms. The molecule has 0 aromatic carbocycles. The summed E-state index contributed by atoms with van der Waals surface area (Å²) in [5.41, 5.74) is 0. The van der Waals surface area contributed by atoms with Crippen molar-refractivity contribution in [3.05, 3.63) is 0 Å². The Labute approximate surface area is 51.6 Å². The van der Waals surface area contributed by atoms with Gasteiger partial charge in [-0.2, -0.15) is 0 Å². The van der Waals surface area contributed by atoms with Crippen LogP contribution in [0.1, 0.15) is 0 Å². The van der Waals surface area contributed by atoms with Crippen LogP contribution in [-0.4, -0.2) is 7.05 Å². The van der Waals surface area contributed by atoms with E-state index in [4.69, 9.17) is 0 Å². The van der Waals surface area contributed by atoms with Crippen molar-refractivity contribution in [3.8, 4) is 0 Å². The van der Waals surface area contributed by atoms with Crippen LogP contribution in [0.15, 0.2) is 0 Å². The first-order valence-corrected chi connectivity index (χ1v) is 8.89. The fourth-order valence-electron chi connectivity index (χ4n) is 0.102. The Bertz CT molecular complexity index is 164. The van der Waals surface area contributed by atoms with E-state index < -0.39 is 0 Å². The van der Waals surface area contributed by atoms with Crippen molar-refractivity contribution in [1.82, 2.24) is 5.09 Å². The Balaban J connectivity index is 3.76. The number of hydrogen-bond acceptors (Lipinski definition) is 1. The second-order valence-corrected chi connectivity index (χ2v) is 13.5. The van der Waals surface area contributed by atoms with E-state index in [2.05, 4.69) is 30.7 Å². The van der Waals surface area contributed by atoms with Crippen molar-refractivity contribution < 1.29 is 0 Å². The SMILES string of the molecule is CNP(#P)P(#P)P. The zero-order valence-electron chi connectivity index (χ0n) is 3.87. The predicted molar refractivity (Wildman–Crippen MR) is 46.4 cm³/mol. The van der Waals surface area contributed by atoms with Crippen LogP contribution in [0.4, 0.5) is 0 Å². The van der Waals surface area contributed by atoms with Gasteiger partial charge in [0.2, 0.25) is 0 Å². The minimum absolute atomic E-state index is 0.233. The Kier molecular flexibility index (Phi) is 5.95. The fourth-order valence-corrected chi connectivity index (χ4v) is 2.77. The summed E-state index contributed by atoms with van der Waals surface area (Å²) in [6, 6.07) is 0. The molecular weight excluding hydrogens is 181 g/mol. The molecule has 0 aliphatic carbocycles. The molecule has 0 saturated carbocycles. The summed E-state index contributed by atoms with van der Waals surface area (Å²) < 4.78 is 0. The van der Waals surface area contributed by atoms with Gasteiger partial charge in [-0.3, -0.25) is 0 Å². The van der Waals surface area contributed by atoms with Crippen LogP contribution >= 0.6 is 38.9 Å². The van der Waals surface area contributed by atoms with Crippen LogP contribution < -0.4 is 5.09 Å². The van der Waals surface area contributed by atoms with Crippen LogP contribution in [0, 0.1) is 0 Å². The normalized spacial score (nSPS) is 13.1. The Morgan fingerprint density at radius 1 is 1.57 bits per heavy atom. The van der Waals surface area contributed by atoms with Gasteiger partial charge in [0.25, 0.3) is 0 Å². The maximum absolute atomic E-state index is 4.21. The van der Waals surface area contributed by atoms with E-state index in [0.29, 0.717) is 0 Å². The van der Waals surface area contributed by atoms with Crippen molar-refractivity contribution in [3.63, 3.8) is 0 Å². The van der Waals surface area contributed by atoms with Crippen molar-refractivity contribution >= 4 is 38.9 Å². The summed E-state index contributed by atoms with van der Waals surface area (Å²) in [5.74, 6) is 0. The molecule has 3 atom stereocenters. The van der Waals surface area contributed by atoms with Crippen molar-refractivity contribution in [2.45, 2.75) is 0 Å². The average molecular weight is 187 g/mol. The van der Waals surface area contributed by atoms with Gasteiger partial charge in [-0.1, -0.05) is 0 Å². The summed E-state index contributed by atoms with van der Waals surface area (Å²) >= 11 is 0. The number of rotatable bonds is 0. The molecular formula is CH6NP5. The maximum atomic E-state index is 4.21. The fraction of sp³-hybridized carbons (Fsp3) is 1.00. The monoisotopic (exact) mass is 187 g/mol. The molecule has 0 aromatic rings. The first kappa shape index (κ1) is 8.85. The van der Waals surface area contributed by atoms with Crippen LogP contribution in [-0.2, 0) is 0 Å². The zero-order chi connectivity index (χ0) is 5.86. The molecule has 0 spiro atoms. The summed E-state index contributed by atoms with van der Waals surface area (Å²) in [4.78, 5) is 0. The second-order valence-electron chi connectivity index (χ2n) is 0.833. The Morgan fingerprint density at radius 3 is 2.00 bits per heavy atom. The summed E-state index contributed by atoms with van der Waals surface area (Å²) in [5, 5.41) is 3.02. The van der Waals surface area contributed by atoms with E-state index >= 15 is 0 Å². The van der Waals surface area contributed by atoms with Gasteiger partial charge >= 0.3 is 51.0 Å². The van der Waals surface area contributed by atoms with Crippen LogP contribution in [0.3, 0.4) is 0 Å². The minimum atomic E-state index is -0.301. The van der Waals surface area contributed by atoms with E-state index in [-0.39, 0.29) is 13.3 Å². The standard InChI is InChI=1S/CH6NP5/c1-2-6(3)7(4)5/h2H,4H2,1H3. The number of nitrogens with one attached hydrogen (secondary N) is 1. The Hall–Kier alpha value is 1.85. The molecule has 0 amide bonds. The van der Waals surface area contributed by atoms with Gasteiger partial charge in [0.1, 0.15) is 0 Å². The zero-order valence-corrected chi connectivity index (χ0v) is 8.60. The van der Waals surface area contributed by atoms with E-state index in [9.17, 15) is 0 Å². The summed E-state index contributed by atoms with van der Waals surface area (Å²) in [6.07, 6.45) is -0.233. The molecule has 0 radical (unpaired) electrons. The molecule has 7 heavy (non-hydrogen) atoms. The molecule has 1 N–H and O–H groups in total. The van der Waals surface area contributed by atoms with Gasteiger partial charge in [-0.25, -0.2) is 0 Å². The topological polar surface area (TPSA) is 12.0 Å². The summed E-state index contributed by atoms with van der Waals surface area (Å²) in [7, 11) is 12.9. The molecule has 40 valence electrons. The first-order valence-electron chi connectivity index (χ1n) is 1.58. The summed E-state index contributed by atoms with van der Waals surface area (Å²) in [6.45, 7) is -0.301. The van der Waals surface area contributed by atoms with E-state index in [1.54, 1.807) is 0 Å².